The Morgan fingerprint density at radius 3 is 2.84 bits per heavy atom. The molecule has 4 nitrogen and oxygen atoms in total. The van der Waals surface area contributed by atoms with Crippen LogP contribution in [0, 0.1) is 5.82 Å². The van der Waals surface area contributed by atoms with Crippen LogP contribution in [0.1, 0.15) is 30.8 Å². The summed E-state index contributed by atoms with van der Waals surface area (Å²) in [7, 11) is 0. The van der Waals surface area contributed by atoms with Crippen molar-refractivity contribution in [3.63, 3.8) is 0 Å². The normalized spacial score (nSPS) is 13.3. The molecule has 3 rings (SSSR count). The standard InChI is InChI=1S/C14H13FN4/c1-3-12-11-7-17-8(2)13(11)19-14(18-12)9-4-10(15)6-16-5-9/h4-6H,3,7H2,1-2H3. The molecule has 2 aromatic rings. The molecule has 0 saturated heterocycles. The van der Waals surface area contributed by atoms with Crippen molar-refractivity contribution in [1.82, 2.24) is 15.0 Å². The van der Waals surface area contributed by atoms with Crippen LogP contribution in [0.5, 0.6) is 0 Å². The molecule has 1 aliphatic rings. The average Bonchev–Trinajstić information content (AvgIpc) is 2.80. The molecular formula is C14H13FN4. The maximum absolute atomic E-state index is 13.2. The highest BCUT2D eigenvalue weighted by molar-refractivity contribution is 6.00. The number of pyridine rings is 1. The quantitative estimate of drug-likeness (QED) is 0.829. The minimum Gasteiger partial charge on any atom is -0.283 e. The van der Waals surface area contributed by atoms with Gasteiger partial charge >= 0.3 is 0 Å². The van der Waals surface area contributed by atoms with E-state index in [0.29, 0.717) is 17.9 Å². The zero-order valence-corrected chi connectivity index (χ0v) is 10.8. The number of rotatable bonds is 2. The summed E-state index contributed by atoms with van der Waals surface area (Å²) in [5.74, 6) is 0.129. The molecule has 0 atom stereocenters. The zero-order chi connectivity index (χ0) is 13.4. The van der Waals surface area contributed by atoms with Gasteiger partial charge in [-0.15, -0.1) is 0 Å². The highest BCUT2D eigenvalue weighted by Gasteiger charge is 2.20. The maximum Gasteiger partial charge on any atom is 0.161 e. The second-order valence-electron chi connectivity index (χ2n) is 4.47. The molecule has 0 saturated carbocycles. The first-order valence-electron chi connectivity index (χ1n) is 6.21. The van der Waals surface area contributed by atoms with Crippen molar-refractivity contribution in [3.8, 4) is 11.4 Å². The van der Waals surface area contributed by atoms with E-state index in [0.717, 1.165) is 29.1 Å². The van der Waals surface area contributed by atoms with Gasteiger partial charge in [0.1, 0.15) is 5.82 Å². The van der Waals surface area contributed by atoms with E-state index in [1.807, 2.05) is 13.8 Å². The highest BCUT2D eigenvalue weighted by atomic mass is 19.1. The molecule has 0 amide bonds. The van der Waals surface area contributed by atoms with Crippen molar-refractivity contribution in [1.29, 1.82) is 0 Å². The van der Waals surface area contributed by atoms with Gasteiger partial charge in [0.25, 0.3) is 0 Å². The topological polar surface area (TPSA) is 51.0 Å². The van der Waals surface area contributed by atoms with Gasteiger partial charge in [0, 0.05) is 23.0 Å². The van der Waals surface area contributed by atoms with Gasteiger partial charge in [0.2, 0.25) is 0 Å². The SMILES string of the molecule is CCc1nc(-c2cncc(F)c2)nc2c1CN=C2C. The predicted molar refractivity (Wildman–Crippen MR) is 70.5 cm³/mol. The number of nitrogens with zero attached hydrogens (tertiary/aromatic N) is 4. The molecule has 0 N–H and O–H groups in total. The van der Waals surface area contributed by atoms with Gasteiger partial charge in [-0.05, 0) is 19.4 Å². The van der Waals surface area contributed by atoms with Crippen LogP contribution in [-0.4, -0.2) is 20.7 Å². The molecule has 0 radical (unpaired) electrons. The zero-order valence-electron chi connectivity index (χ0n) is 10.8. The van der Waals surface area contributed by atoms with Crippen molar-refractivity contribution < 1.29 is 4.39 Å². The van der Waals surface area contributed by atoms with E-state index < -0.39 is 0 Å². The summed E-state index contributed by atoms with van der Waals surface area (Å²) >= 11 is 0. The summed E-state index contributed by atoms with van der Waals surface area (Å²) in [6.07, 6.45) is 3.55. The summed E-state index contributed by atoms with van der Waals surface area (Å²) in [5.41, 5.74) is 4.46. The molecule has 0 spiro atoms. The third-order valence-corrected chi connectivity index (χ3v) is 3.21. The maximum atomic E-state index is 13.2. The van der Waals surface area contributed by atoms with E-state index >= 15 is 0 Å². The number of aromatic nitrogens is 3. The van der Waals surface area contributed by atoms with Crippen LogP contribution >= 0.6 is 0 Å². The largest absolute Gasteiger partial charge is 0.283 e. The minimum atomic E-state index is -0.384. The lowest BCUT2D eigenvalue weighted by molar-refractivity contribution is 0.622. The highest BCUT2D eigenvalue weighted by Crippen LogP contribution is 2.24. The Bertz CT molecular complexity index is 679. The monoisotopic (exact) mass is 256 g/mol. The van der Waals surface area contributed by atoms with E-state index in [1.54, 1.807) is 6.20 Å². The number of hydrogen-bond acceptors (Lipinski definition) is 4. The van der Waals surface area contributed by atoms with Crippen LogP contribution < -0.4 is 0 Å². The lowest BCUT2D eigenvalue weighted by Gasteiger charge is -2.08. The summed E-state index contributed by atoms with van der Waals surface area (Å²) in [4.78, 5) is 17.3. The number of hydrogen-bond donors (Lipinski definition) is 0. The van der Waals surface area contributed by atoms with Crippen LogP contribution in [0.3, 0.4) is 0 Å². The first-order valence-corrected chi connectivity index (χ1v) is 6.21. The molecule has 96 valence electrons. The second kappa shape index (κ2) is 4.50. The first-order chi connectivity index (χ1) is 9.19. The molecule has 2 aromatic heterocycles. The van der Waals surface area contributed by atoms with Crippen LogP contribution in [0.15, 0.2) is 23.5 Å². The van der Waals surface area contributed by atoms with Crippen molar-refractivity contribution in [2.75, 3.05) is 0 Å². The Morgan fingerprint density at radius 1 is 1.26 bits per heavy atom. The molecule has 0 unspecified atom stereocenters. The fourth-order valence-corrected chi connectivity index (χ4v) is 2.22. The summed E-state index contributed by atoms with van der Waals surface area (Å²) in [5, 5.41) is 0. The fraction of sp³-hybridized carbons (Fsp3) is 0.286. The van der Waals surface area contributed by atoms with Crippen molar-refractivity contribution in [2.45, 2.75) is 26.8 Å². The lowest BCUT2D eigenvalue weighted by atomic mass is 10.1. The molecular weight excluding hydrogens is 243 g/mol. The van der Waals surface area contributed by atoms with E-state index in [2.05, 4.69) is 19.9 Å². The van der Waals surface area contributed by atoms with Gasteiger partial charge < -0.3 is 0 Å². The number of aliphatic imine (C=N–C) groups is 1. The van der Waals surface area contributed by atoms with Gasteiger partial charge in [-0.1, -0.05) is 6.92 Å². The smallest absolute Gasteiger partial charge is 0.161 e. The van der Waals surface area contributed by atoms with Gasteiger partial charge in [0.15, 0.2) is 5.82 Å². The van der Waals surface area contributed by atoms with Crippen molar-refractivity contribution >= 4 is 5.71 Å². The average molecular weight is 256 g/mol. The van der Waals surface area contributed by atoms with Gasteiger partial charge in [-0.2, -0.15) is 0 Å². The van der Waals surface area contributed by atoms with Crippen LogP contribution in [0.25, 0.3) is 11.4 Å². The van der Waals surface area contributed by atoms with Crippen molar-refractivity contribution in [2.24, 2.45) is 4.99 Å². The molecule has 0 aromatic carbocycles. The Hall–Kier alpha value is -2.17. The Balaban J connectivity index is 2.18. The number of fused-ring (bicyclic) bond motifs is 1. The predicted octanol–water partition coefficient (Wildman–Crippen LogP) is 2.56. The Kier molecular flexibility index (Phi) is 2.81. The molecule has 19 heavy (non-hydrogen) atoms. The fourth-order valence-electron chi connectivity index (χ4n) is 2.22. The Labute approximate surface area is 110 Å². The Morgan fingerprint density at radius 2 is 2.11 bits per heavy atom. The summed E-state index contributed by atoms with van der Waals surface area (Å²) < 4.78 is 13.2. The van der Waals surface area contributed by atoms with Gasteiger partial charge in [0.05, 0.1) is 24.1 Å². The molecule has 0 bridgehead atoms. The van der Waals surface area contributed by atoms with E-state index in [9.17, 15) is 4.39 Å². The van der Waals surface area contributed by atoms with Crippen LogP contribution in [0.4, 0.5) is 4.39 Å². The molecule has 3 heterocycles. The number of halogens is 1. The van der Waals surface area contributed by atoms with E-state index in [4.69, 9.17) is 0 Å². The van der Waals surface area contributed by atoms with Gasteiger partial charge in [-0.25, -0.2) is 14.4 Å². The molecule has 5 heteroatoms. The lowest BCUT2D eigenvalue weighted by Crippen LogP contribution is -2.06. The first kappa shape index (κ1) is 11.9. The van der Waals surface area contributed by atoms with Crippen LogP contribution in [-0.2, 0) is 13.0 Å². The van der Waals surface area contributed by atoms with Crippen LogP contribution in [0.2, 0.25) is 0 Å². The minimum absolute atomic E-state index is 0.384. The van der Waals surface area contributed by atoms with E-state index in [-0.39, 0.29) is 5.82 Å². The van der Waals surface area contributed by atoms with Crippen molar-refractivity contribution in [3.05, 3.63) is 41.2 Å². The molecule has 1 aliphatic heterocycles. The second-order valence-corrected chi connectivity index (χ2v) is 4.47. The summed E-state index contributed by atoms with van der Waals surface area (Å²) in [6.45, 7) is 4.63. The summed E-state index contributed by atoms with van der Waals surface area (Å²) in [6, 6.07) is 1.40. The third-order valence-electron chi connectivity index (χ3n) is 3.21. The third kappa shape index (κ3) is 2.01. The van der Waals surface area contributed by atoms with Gasteiger partial charge in [-0.3, -0.25) is 9.98 Å². The van der Waals surface area contributed by atoms with E-state index in [1.165, 1.54) is 12.3 Å². The number of aryl methyl sites for hydroxylation is 1. The molecule has 0 fully saturated rings. The molecule has 0 aliphatic carbocycles.